The van der Waals surface area contributed by atoms with Crippen LogP contribution in [-0.4, -0.2) is 69.1 Å². The quantitative estimate of drug-likeness (QED) is 0.478. The van der Waals surface area contributed by atoms with Crippen LogP contribution >= 0.6 is 11.6 Å². The number of hydrogen-bond donors (Lipinski definition) is 0. The average molecular weight is 531 g/mol. The van der Waals surface area contributed by atoms with Gasteiger partial charge in [0.15, 0.2) is 0 Å². The molecule has 2 aliphatic rings. The third kappa shape index (κ3) is 6.10. The Labute approximate surface area is 213 Å². The number of ether oxygens (including phenoxy) is 3. The number of methoxy groups -OCH3 is 1. The molecule has 3 rings (SSSR count). The van der Waals surface area contributed by atoms with Crippen LogP contribution in [-0.2, 0) is 30.0 Å². The summed E-state index contributed by atoms with van der Waals surface area (Å²) in [4.78, 5) is 32.7. The van der Waals surface area contributed by atoms with Crippen molar-refractivity contribution in [3.63, 3.8) is 0 Å². The van der Waals surface area contributed by atoms with Crippen LogP contribution in [0.4, 0.5) is 13.2 Å². The summed E-state index contributed by atoms with van der Waals surface area (Å²) in [6, 6.07) is 3.41. The van der Waals surface area contributed by atoms with Gasteiger partial charge in [0.25, 0.3) is 0 Å². The van der Waals surface area contributed by atoms with E-state index in [0.29, 0.717) is 0 Å². The predicted molar refractivity (Wildman–Crippen MR) is 128 cm³/mol. The lowest BCUT2D eigenvalue weighted by Gasteiger charge is -2.34. The fraction of sp³-hybridized carbons (Fsp3) is 0.560. The van der Waals surface area contributed by atoms with Crippen LogP contribution in [0.5, 0.6) is 0 Å². The van der Waals surface area contributed by atoms with Crippen LogP contribution in [0, 0.1) is 5.92 Å². The fourth-order valence-electron chi connectivity index (χ4n) is 4.62. The number of rotatable bonds is 7. The van der Waals surface area contributed by atoms with Crippen molar-refractivity contribution in [2.24, 2.45) is 10.9 Å². The van der Waals surface area contributed by atoms with Crippen LogP contribution in [0.15, 0.2) is 34.5 Å². The molecule has 0 saturated carbocycles. The number of esters is 2. The second-order valence-electron chi connectivity index (χ2n) is 8.83. The van der Waals surface area contributed by atoms with Gasteiger partial charge in [-0.05, 0) is 45.4 Å². The summed E-state index contributed by atoms with van der Waals surface area (Å²) in [5, 5.41) is -0.601. The van der Waals surface area contributed by atoms with Gasteiger partial charge >= 0.3 is 18.1 Å². The molecule has 1 fully saturated rings. The summed E-state index contributed by atoms with van der Waals surface area (Å²) >= 11 is 6.27. The van der Waals surface area contributed by atoms with Gasteiger partial charge in [-0.1, -0.05) is 23.7 Å². The van der Waals surface area contributed by atoms with Crippen LogP contribution in [0.25, 0.3) is 0 Å². The van der Waals surface area contributed by atoms with Gasteiger partial charge in [0.2, 0.25) is 0 Å². The molecule has 0 amide bonds. The summed E-state index contributed by atoms with van der Waals surface area (Å²) in [5.41, 5.74) is -0.709. The molecule has 0 radical (unpaired) electrons. The van der Waals surface area contributed by atoms with Gasteiger partial charge in [-0.15, -0.1) is 0 Å². The monoisotopic (exact) mass is 530 g/mol. The summed E-state index contributed by atoms with van der Waals surface area (Å²) in [7, 11) is 3.18. The van der Waals surface area contributed by atoms with Crippen molar-refractivity contribution < 1.29 is 37.0 Å². The van der Waals surface area contributed by atoms with Gasteiger partial charge in [0.05, 0.1) is 48.3 Å². The summed E-state index contributed by atoms with van der Waals surface area (Å²) in [6.07, 6.45) is -3.23. The maximum Gasteiger partial charge on any atom is 0.417 e. The van der Waals surface area contributed by atoms with Crippen LogP contribution in [0.2, 0.25) is 5.02 Å². The zero-order chi connectivity index (χ0) is 26.6. The molecule has 2 heterocycles. The number of likely N-dealkylation sites (tertiary alicyclic amines) is 1. The first-order valence-electron chi connectivity index (χ1n) is 11.7. The number of carbonyl (C=O) groups excluding carboxylic acids is 2. The number of piperidine rings is 1. The largest absolute Gasteiger partial charge is 0.468 e. The normalized spacial score (nSPS) is 21.8. The van der Waals surface area contributed by atoms with Gasteiger partial charge in [-0.2, -0.15) is 13.2 Å². The zero-order valence-corrected chi connectivity index (χ0v) is 21.4. The van der Waals surface area contributed by atoms with E-state index in [1.807, 2.05) is 7.05 Å². The van der Waals surface area contributed by atoms with Crippen molar-refractivity contribution in [3.05, 3.63) is 45.6 Å². The molecule has 1 aromatic carbocycles. The third-order valence-electron chi connectivity index (χ3n) is 6.46. The Morgan fingerprint density at radius 2 is 1.89 bits per heavy atom. The van der Waals surface area contributed by atoms with Crippen molar-refractivity contribution in [2.45, 2.75) is 44.9 Å². The average Bonchev–Trinajstić information content (AvgIpc) is 2.82. The standard InChI is InChI=1S/C25H30ClF3N2O5/c1-5-35-24(33)21-18(13-36-15-9-11-31(3)12-10-15)30-14(2)19(23(32)34-4)20(21)16-7-6-8-17(22(16)26)25(27,28)29/h6-8,15,19-20H,5,9-13H2,1-4H3. The van der Waals surface area contributed by atoms with Crippen molar-refractivity contribution in [3.8, 4) is 0 Å². The number of aliphatic imine (C=N–C) groups is 1. The smallest absolute Gasteiger partial charge is 0.417 e. The van der Waals surface area contributed by atoms with Gasteiger partial charge < -0.3 is 19.1 Å². The molecule has 2 aliphatic heterocycles. The summed E-state index contributed by atoms with van der Waals surface area (Å²) in [5.74, 6) is -3.95. The van der Waals surface area contributed by atoms with Gasteiger partial charge in [0.1, 0.15) is 5.92 Å². The molecular weight excluding hydrogens is 501 g/mol. The van der Waals surface area contributed by atoms with Crippen LogP contribution < -0.4 is 0 Å². The lowest BCUT2D eigenvalue weighted by atomic mass is 9.75. The highest BCUT2D eigenvalue weighted by molar-refractivity contribution is 6.32. The fourth-order valence-corrected chi connectivity index (χ4v) is 4.97. The minimum absolute atomic E-state index is 0.0139. The Kier molecular flexibility index (Phi) is 9.18. The first kappa shape index (κ1) is 28.1. The molecule has 1 saturated heterocycles. The number of halogens is 4. The summed E-state index contributed by atoms with van der Waals surface area (Å²) < 4.78 is 57.3. The Hall–Kier alpha value is -2.43. The van der Waals surface area contributed by atoms with E-state index in [0.717, 1.165) is 39.1 Å². The van der Waals surface area contributed by atoms with E-state index in [9.17, 15) is 22.8 Å². The summed E-state index contributed by atoms with van der Waals surface area (Å²) in [6.45, 7) is 4.82. The Balaban J connectivity index is 2.15. The Morgan fingerprint density at radius 1 is 1.22 bits per heavy atom. The number of hydrogen-bond acceptors (Lipinski definition) is 7. The number of benzene rings is 1. The highest BCUT2D eigenvalue weighted by atomic mass is 35.5. The molecule has 36 heavy (non-hydrogen) atoms. The lowest BCUT2D eigenvalue weighted by molar-refractivity contribution is -0.144. The van der Waals surface area contributed by atoms with Gasteiger partial charge in [0, 0.05) is 24.7 Å². The maximum absolute atomic E-state index is 13.7. The molecule has 1 aromatic rings. The molecule has 0 aliphatic carbocycles. The minimum atomic E-state index is -4.74. The van der Waals surface area contributed by atoms with Gasteiger partial charge in [-0.3, -0.25) is 9.79 Å². The van der Waals surface area contributed by atoms with Crippen molar-refractivity contribution >= 4 is 29.3 Å². The van der Waals surface area contributed by atoms with Crippen molar-refractivity contribution in [2.75, 3.05) is 40.5 Å². The van der Waals surface area contributed by atoms with Gasteiger partial charge in [-0.25, -0.2) is 4.79 Å². The molecule has 2 atom stereocenters. The molecule has 11 heteroatoms. The Bertz CT molecular complexity index is 1050. The van der Waals surface area contributed by atoms with Crippen LogP contribution in [0.3, 0.4) is 0 Å². The highest BCUT2D eigenvalue weighted by Crippen LogP contribution is 2.46. The highest BCUT2D eigenvalue weighted by Gasteiger charge is 2.45. The molecule has 0 aromatic heterocycles. The van der Waals surface area contributed by atoms with Crippen molar-refractivity contribution in [1.82, 2.24) is 4.90 Å². The lowest BCUT2D eigenvalue weighted by Crippen LogP contribution is -2.38. The van der Waals surface area contributed by atoms with Crippen LogP contribution in [0.1, 0.15) is 43.7 Å². The van der Waals surface area contributed by atoms with Crippen molar-refractivity contribution in [1.29, 1.82) is 0 Å². The van der Waals surface area contributed by atoms with E-state index in [2.05, 4.69) is 9.89 Å². The second kappa shape index (κ2) is 11.7. The topological polar surface area (TPSA) is 77.4 Å². The molecule has 0 bridgehead atoms. The second-order valence-corrected chi connectivity index (χ2v) is 9.21. The number of nitrogens with zero attached hydrogens (tertiary/aromatic N) is 2. The maximum atomic E-state index is 13.7. The zero-order valence-electron chi connectivity index (χ0n) is 20.7. The molecule has 2 unspecified atom stereocenters. The molecule has 0 N–H and O–H groups in total. The van der Waals surface area contributed by atoms with E-state index in [1.54, 1.807) is 13.8 Å². The minimum Gasteiger partial charge on any atom is -0.468 e. The van der Waals surface area contributed by atoms with E-state index >= 15 is 0 Å². The van der Waals surface area contributed by atoms with E-state index < -0.39 is 40.5 Å². The first-order chi connectivity index (χ1) is 17.0. The van der Waals surface area contributed by atoms with E-state index in [4.69, 9.17) is 25.8 Å². The molecule has 0 spiro atoms. The van der Waals surface area contributed by atoms with E-state index in [1.165, 1.54) is 12.1 Å². The third-order valence-corrected chi connectivity index (χ3v) is 6.88. The molecule has 7 nitrogen and oxygen atoms in total. The predicted octanol–water partition coefficient (Wildman–Crippen LogP) is 4.63. The molecular formula is C25H30ClF3N2O5. The number of carbonyl (C=O) groups is 2. The SMILES string of the molecule is CCOC(=O)C1=C(COC2CCN(C)CC2)N=C(C)C(C(=O)OC)C1c1cccc(C(F)(F)F)c1Cl. The Morgan fingerprint density at radius 3 is 2.47 bits per heavy atom. The first-order valence-corrected chi connectivity index (χ1v) is 12.1. The van der Waals surface area contributed by atoms with E-state index in [-0.39, 0.29) is 41.9 Å². The number of alkyl halides is 3. The molecule has 198 valence electrons.